The first-order chi connectivity index (χ1) is 18.3. The Morgan fingerprint density at radius 2 is 1.74 bits per heavy atom. The van der Waals surface area contributed by atoms with Crippen molar-refractivity contribution in [2.24, 2.45) is 5.92 Å². The van der Waals surface area contributed by atoms with Crippen LogP contribution >= 0.6 is 0 Å². The van der Waals surface area contributed by atoms with Crippen molar-refractivity contribution >= 4 is 40.0 Å². The molecule has 1 atom stereocenters. The van der Waals surface area contributed by atoms with Crippen LogP contribution < -0.4 is 10.6 Å². The van der Waals surface area contributed by atoms with Crippen LogP contribution in [-0.4, -0.2) is 39.3 Å². The smallest absolute Gasteiger partial charge is 0.261 e. The molecule has 3 heterocycles. The van der Waals surface area contributed by atoms with Gasteiger partial charge in [0.15, 0.2) is 17.5 Å². The van der Waals surface area contributed by atoms with Gasteiger partial charge < -0.3 is 10.6 Å². The summed E-state index contributed by atoms with van der Waals surface area (Å²) in [4.78, 5) is 35.7. The molecular weight excluding hydrogens is 483 g/mol. The van der Waals surface area contributed by atoms with Crippen LogP contribution in [0.15, 0.2) is 66.9 Å². The minimum atomic E-state index is -0.703. The molecule has 8 nitrogen and oxygen atoms in total. The number of fused-ring (bicyclic) bond motifs is 2. The lowest BCUT2D eigenvalue weighted by Gasteiger charge is -2.26. The van der Waals surface area contributed by atoms with Crippen molar-refractivity contribution in [1.82, 2.24) is 14.9 Å². The van der Waals surface area contributed by atoms with Gasteiger partial charge in [-0.05, 0) is 54.8 Å². The van der Waals surface area contributed by atoms with Gasteiger partial charge in [-0.2, -0.15) is 5.26 Å². The van der Waals surface area contributed by atoms with Gasteiger partial charge >= 0.3 is 0 Å². The first-order valence-electron chi connectivity index (χ1n) is 12.3. The molecule has 0 fully saturated rings. The van der Waals surface area contributed by atoms with Crippen LogP contribution in [0.3, 0.4) is 0 Å². The molecule has 2 aromatic carbocycles. The van der Waals surface area contributed by atoms with Crippen LogP contribution in [0.5, 0.6) is 0 Å². The number of hydrogen-bond donors (Lipinski definition) is 2. The third-order valence-corrected chi connectivity index (χ3v) is 6.34. The summed E-state index contributed by atoms with van der Waals surface area (Å²) in [5.41, 5.74) is 2.25. The summed E-state index contributed by atoms with van der Waals surface area (Å²) >= 11 is 0. The highest BCUT2D eigenvalue weighted by Gasteiger charge is 2.36. The Morgan fingerprint density at radius 1 is 1.00 bits per heavy atom. The Bertz CT molecular complexity index is 1560. The molecule has 2 aromatic heterocycles. The topological polar surface area (TPSA) is 111 Å². The summed E-state index contributed by atoms with van der Waals surface area (Å²) in [7, 11) is 0. The van der Waals surface area contributed by atoms with E-state index in [1.165, 1.54) is 4.90 Å². The number of rotatable bonds is 8. The van der Waals surface area contributed by atoms with Crippen molar-refractivity contribution in [3.63, 3.8) is 0 Å². The van der Waals surface area contributed by atoms with Crippen LogP contribution in [0.1, 0.15) is 46.5 Å². The summed E-state index contributed by atoms with van der Waals surface area (Å²) in [6.45, 7) is 4.05. The number of halogens is 1. The first-order valence-corrected chi connectivity index (χ1v) is 12.3. The third kappa shape index (κ3) is 4.89. The second-order valence-corrected chi connectivity index (χ2v) is 9.60. The molecule has 2 amide bonds. The maximum absolute atomic E-state index is 15.1. The lowest BCUT2D eigenvalue weighted by molar-refractivity contribution is 0.0644. The highest BCUT2D eigenvalue weighted by Crippen LogP contribution is 2.28. The van der Waals surface area contributed by atoms with Gasteiger partial charge in [-0.1, -0.05) is 32.0 Å². The predicted octanol–water partition coefficient (Wildman–Crippen LogP) is 5.51. The van der Waals surface area contributed by atoms with Crippen LogP contribution in [0.2, 0.25) is 0 Å². The number of nitrogens with one attached hydrogen (secondary N) is 2. The number of nitrogens with zero attached hydrogens (tertiary/aromatic N) is 4. The van der Waals surface area contributed by atoms with Gasteiger partial charge in [0.2, 0.25) is 0 Å². The molecule has 9 heteroatoms. The van der Waals surface area contributed by atoms with Gasteiger partial charge in [0, 0.05) is 29.9 Å². The number of carbonyl (C=O) groups is 2. The molecule has 190 valence electrons. The van der Waals surface area contributed by atoms with Crippen molar-refractivity contribution in [1.29, 1.82) is 5.26 Å². The monoisotopic (exact) mass is 508 g/mol. The van der Waals surface area contributed by atoms with Crippen molar-refractivity contribution in [3.8, 4) is 6.07 Å². The van der Waals surface area contributed by atoms with Gasteiger partial charge in [-0.3, -0.25) is 19.5 Å². The van der Waals surface area contributed by atoms with Crippen LogP contribution in [0.4, 0.5) is 21.7 Å². The molecule has 0 aliphatic carbocycles. The SMILES string of the molecule is CC(C)CC(CN1C(=O)c2ccccc2C1=O)Nc1nc(Nc2ccc3ncccc3c2)c(C#N)cc1F. The highest BCUT2D eigenvalue weighted by molar-refractivity contribution is 6.21. The Labute approximate surface area is 219 Å². The van der Waals surface area contributed by atoms with Gasteiger partial charge in [0.1, 0.15) is 6.07 Å². The number of amides is 2. The summed E-state index contributed by atoms with van der Waals surface area (Å²) in [5.74, 6) is -1.15. The predicted molar refractivity (Wildman–Crippen MR) is 143 cm³/mol. The fourth-order valence-electron chi connectivity index (χ4n) is 4.63. The average Bonchev–Trinajstić information content (AvgIpc) is 3.14. The van der Waals surface area contributed by atoms with E-state index in [0.29, 0.717) is 23.2 Å². The van der Waals surface area contributed by atoms with E-state index in [4.69, 9.17) is 0 Å². The molecule has 38 heavy (non-hydrogen) atoms. The summed E-state index contributed by atoms with van der Waals surface area (Å²) < 4.78 is 15.1. The van der Waals surface area contributed by atoms with E-state index < -0.39 is 11.9 Å². The summed E-state index contributed by atoms with van der Waals surface area (Å²) in [6.07, 6.45) is 2.26. The van der Waals surface area contributed by atoms with Crippen LogP contribution in [0, 0.1) is 23.1 Å². The average molecular weight is 509 g/mol. The third-order valence-electron chi connectivity index (χ3n) is 6.34. The van der Waals surface area contributed by atoms with Crippen LogP contribution in [0.25, 0.3) is 10.9 Å². The number of aromatic nitrogens is 2. The quantitative estimate of drug-likeness (QED) is 0.302. The standard InChI is InChI=1S/C29H25FN6O2/c1-17(2)12-21(16-36-28(37)22-7-3-4-8-23(22)29(36)38)34-27-24(30)14-19(15-31)26(35-27)33-20-9-10-25-18(13-20)6-5-11-32-25/h3-11,13-14,17,21H,12,16H2,1-2H3,(H2,33,34,35). The largest absolute Gasteiger partial charge is 0.363 e. The van der Waals surface area contributed by atoms with Crippen molar-refractivity contribution in [2.75, 3.05) is 17.2 Å². The number of pyridine rings is 2. The van der Waals surface area contributed by atoms with Gasteiger partial charge in [-0.25, -0.2) is 9.37 Å². The molecule has 2 N–H and O–H groups in total. The van der Waals surface area contributed by atoms with Crippen molar-refractivity contribution in [2.45, 2.75) is 26.3 Å². The molecule has 0 saturated heterocycles. The van der Waals surface area contributed by atoms with Gasteiger partial charge in [0.25, 0.3) is 11.8 Å². The van der Waals surface area contributed by atoms with E-state index in [1.807, 2.05) is 44.2 Å². The Hall–Kier alpha value is -4.84. The number of carbonyl (C=O) groups excluding carboxylic acids is 2. The number of anilines is 3. The normalized spacial score (nSPS) is 13.5. The molecule has 1 unspecified atom stereocenters. The lowest BCUT2D eigenvalue weighted by Crippen LogP contribution is -2.41. The summed E-state index contributed by atoms with van der Waals surface area (Å²) in [6, 6.07) is 18.6. The second-order valence-electron chi connectivity index (χ2n) is 9.60. The Balaban J connectivity index is 1.42. The number of imide groups is 1. The van der Waals surface area contributed by atoms with Gasteiger partial charge in [-0.15, -0.1) is 0 Å². The number of nitriles is 1. The fraction of sp³-hybridized carbons (Fsp3) is 0.207. The Kier molecular flexibility index (Phi) is 6.71. The summed E-state index contributed by atoms with van der Waals surface area (Å²) in [5, 5.41) is 16.7. The molecule has 5 rings (SSSR count). The molecule has 0 radical (unpaired) electrons. The molecular formula is C29H25FN6O2. The zero-order chi connectivity index (χ0) is 26.8. The Morgan fingerprint density at radius 3 is 2.42 bits per heavy atom. The number of hydrogen-bond acceptors (Lipinski definition) is 7. The minimum absolute atomic E-state index is 0.0418. The van der Waals surface area contributed by atoms with Crippen LogP contribution in [-0.2, 0) is 0 Å². The number of benzene rings is 2. The van der Waals surface area contributed by atoms with Crippen molar-refractivity contribution in [3.05, 3.63) is 89.4 Å². The maximum Gasteiger partial charge on any atom is 0.261 e. The molecule has 4 aromatic rings. The maximum atomic E-state index is 15.1. The molecule has 0 bridgehead atoms. The first kappa shape index (κ1) is 24.8. The highest BCUT2D eigenvalue weighted by atomic mass is 19.1. The molecule has 0 spiro atoms. The minimum Gasteiger partial charge on any atom is -0.363 e. The van der Waals surface area contributed by atoms with E-state index in [0.717, 1.165) is 17.0 Å². The van der Waals surface area contributed by atoms with E-state index in [1.54, 1.807) is 36.5 Å². The van der Waals surface area contributed by atoms with E-state index in [2.05, 4.69) is 20.6 Å². The molecule has 1 aliphatic rings. The van der Waals surface area contributed by atoms with E-state index in [9.17, 15) is 14.9 Å². The zero-order valence-electron chi connectivity index (χ0n) is 20.9. The zero-order valence-corrected chi connectivity index (χ0v) is 20.9. The second kappa shape index (κ2) is 10.3. The molecule has 0 saturated carbocycles. The molecule has 1 aliphatic heterocycles. The lowest BCUT2D eigenvalue weighted by atomic mass is 10.0. The van der Waals surface area contributed by atoms with Crippen molar-refractivity contribution < 1.29 is 14.0 Å². The van der Waals surface area contributed by atoms with E-state index >= 15 is 4.39 Å². The fourth-order valence-corrected chi connectivity index (χ4v) is 4.63. The van der Waals surface area contributed by atoms with Gasteiger partial charge in [0.05, 0.1) is 22.2 Å². The van der Waals surface area contributed by atoms with E-state index in [-0.39, 0.29) is 41.5 Å².